The lowest BCUT2D eigenvalue weighted by Crippen LogP contribution is -2.09. The van der Waals surface area contributed by atoms with E-state index in [2.05, 4.69) is 15.5 Å². The fourth-order valence-electron chi connectivity index (χ4n) is 2.23. The van der Waals surface area contributed by atoms with Crippen molar-refractivity contribution in [2.24, 2.45) is 5.10 Å². The highest BCUT2D eigenvalue weighted by atomic mass is 32.1. The first kappa shape index (κ1) is 16.3. The van der Waals surface area contributed by atoms with E-state index in [4.69, 9.17) is 9.47 Å². The molecule has 0 aliphatic rings. The largest absolute Gasteiger partial charge is 0.493 e. The molecule has 0 radical (unpaired) electrons. The normalized spacial score (nSPS) is 11.3. The number of fused-ring (bicyclic) bond motifs is 1. The number of ether oxygens (including phenoxy) is 2. The molecule has 0 unspecified atom stereocenters. The van der Waals surface area contributed by atoms with Crippen molar-refractivity contribution >= 4 is 32.9 Å². The number of rotatable bonds is 6. The Bertz CT molecular complexity index is 825. The van der Waals surface area contributed by atoms with Crippen LogP contribution in [0.4, 0.5) is 5.13 Å². The van der Waals surface area contributed by atoms with Gasteiger partial charge >= 0.3 is 0 Å². The summed E-state index contributed by atoms with van der Waals surface area (Å²) in [6, 6.07) is 13.7. The molecule has 0 saturated heterocycles. The zero-order chi connectivity index (χ0) is 16.9. The molecule has 6 heteroatoms. The summed E-state index contributed by atoms with van der Waals surface area (Å²) in [5.41, 5.74) is 4.79. The molecule has 3 aromatic rings. The van der Waals surface area contributed by atoms with Crippen molar-refractivity contribution in [1.29, 1.82) is 0 Å². The van der Waals surface area contributed by atoms with E-state index in [1.54, 1.807) is 24.7 Å². The van der Waals surface area contributed by atoms with Gasteiger partial charge in [0.15, 0.2) is 11.5 Å². The first-order chi connectivity index (χ1) is 11.7. The molecule has 3 rings (SSSR count). The van der Waals surface area contributed by atoms with Crippen LogP contribution in [0.15, 0.2) is 47.6 Å². The van der Waals surface area contributed by atoms with Gasteiger partial charge < -0.3 is 9.47 Å². The monoisotopic (exact) mass is 341 g/mol. The van der Waals surface area contributed by atoms with Crippen LogP contribution in [0.1, 0.15) is 19.4 Å². The molecule has 1 N–H and O–H groups in total. The maximum Gasteiger partial charge on any atom is 0.204 e. The molecule has 1 heterocycles. The molecule has 0 aliphatic carbocycles. The summed E-state index contributed by atoms with van der Waals surface area (Å²) in [5.74, 6) is 1.37. The van der Waals surface area contributed by atoms with Gasteiger partial charge in [-0.25, -0.2) is 4.98 Å². The van der Waals surface area contributed by atoms with Crippen molar-refractivity contribution in [1.82, 2.24) is 4.98 Å². The number of benzene rings is 2. The molecule has 1 aromatic heterocycles. The first-order valence-electron chi connectivity index (χ1n) is 7.65. The van der Waals surface area contributed by atoms with Gasteiger partial charge in [-0.15, -0.1) is 0 Å². The maximum atomic E-state index is 5.86. The SMILES string of the molecule is COc1cccc(/C=N\Nc2nc3ccccc3s2)c1OC(C)C. The Morgan fingerprint density at radius 3 is 2.75 bits per heavy atom. The third-order valence-electron chi connectivity index (χ3n) is 3.24. The van der Waals surface area contributed by atoms with E-state index in [1.807, 2.05) is 56.3 Å². The number of hydrogen-bond acceptors (Lipinski definition) is 6. The second-order valence-corrected chi connectivity index (χ2v) is 6.43. The van der Waals surface area contributed by atoms with Crippen LogP contribution < -0.4 is 14.9 Å². The fraction of sp³-hybridized carbons (Fsp3) is 0.222. The van der Waals surface area contributed by atoms with Crippen LogP contribution in [0.5, 0.6) is 11.5 Å². The summed E-state index contributed by atoms with van der Waals surface area (Å²) in [6.45, 7) is 3.96. The maximum absolute atomic E-state index is 5.86. The van der Waals surface area contributed by atoms with Crippen LogP contribution in [0, 0.1) is 0 Å². The van der Waals surface area contributed by atoms with Crippen molar-refractivity contribution in [3.05, 3.63) is 48.0 Å². The van der Waals surface area contributed by atoms with Gasteiger partial charge in [0.05, 0.1) is 29.6 Å². The minimum absolute atomic E-state index is 0.0469. The lowest BCUT2D eigenvalue weighted by Gasteiger charge is -2.15. The van der Waals surface area contributed by atoms with Gasteiger partial charge in [-0.1, -0.05) is 29.5 Å². The highest BCUT2D eigenvalue weighted by Gasteiger charge is 2.11. The van der Waals surface area contributed by atoms with Gasteiger partial charge in [-0.2, -0.15) is 5.10 Å². The van der Waals surface area contributed by atoms with E-state index in [0.29, 0.717) is 11.5 Å². The molecule has 0 atom stereocenters. The highest BCUT2D eigenvalue weighted by Crippen LogP contribution is 2.31. The Hall–Kier alpha value is -2.60. The molecule has 0 amide bonds. The molecule has 5 nitrogen and oxygen atoms in total. The van der Waals surface area contributed by atoms with Crippen molar-refractivity contribution in [2.75, 3.05) is 12.5 Å². The van der Waals surface area contributed by atoms with Gasteiger partial charge in [0.2, 0.25) is 5.13 Å². The average Bonchev–Trinajstić information content (AvgIpc) is 2.98. The molecule has 0 bridgehead atoms. The molecule has 0 fully saturated rings. The second kappa shape index (κ2) is 7.31. The standard InChI is InChI=1S/C18H19N3O2S/c1-12(2)23-17-13(7-6-9-15(17)22-3)11-19-21-18-20-14-8-4-5-10-16(14)24-18/h4-12H,1-3H3,(H,20,21)/b19-11-. The predicted octanol–water partition coefficient (Wildman–Crippen LogP) is 4.54. The van der Waals surface area contributed by atoms with Gasteiger partial charge in [-0.3, -0.25) is 5.43 Å². The lowest BCUT2D eigenvalue weighted by atomic mass is 10.2. The molecule has 24 heavy (non-hydrogen) atoms. The number of aromatic nitrogens is 1. The van der Waals surface area contributed by atoms with Gasteiger partial charge in [-0.05, 0) is 38.1 Å². The Balaban J connectivity index is 1.80. The van der Waals surface area contributed by atoms with Crippen LogP contribution >= 0.6 is 11.3 Å². The van der Waals surface area contributed by atoms with E-state index in [1.165, 1.54) is 0 Å². The zero-order valence-electron chi connectivity index (χ0n) is 13.8. The number of methoxy groups -OCH3 is 1. The van der Waals surface area contributed by atoms with E-state index >= 15 is 0 Å². The van der Waals surface area contributed by atoms with Crippen LogP contribution in [-0.4, -0.2) is 24.4 Å². The number of anilines is 1. The minimum atomic E-state index is 0.0469. The quantitative estimate of drug-likeness (QED) is 0.528. The second-order valence-electron chi connectivity index (χ2n) is 5.40. The average molecular weight is 341 g/mol. The van der Waals surface area contributed by atoms with Crippen molar-refractivity contribution in [3.63, 3.8) is 0 Å². The summed E-state index contributed by atoms with van der Waals surface area (Å²) in [7, 11) is 1.63. The number of nitrogens with zero attached hydrogens (tertiary/aromatic N) is 2. The lowest BCUT2D eigenvalue weighted by molar-refractivity contribution is 0.230. The van der Waals surface area contributed by atoms with E-state index in [-0.39, 0.29) is 6.10 Å². The zero-order valence-corrected chi connectivity index (χ0v) is 14.6. The summed E-state index contributed by atoms with van der Waals surface area (Å²) < 4.78 is 12.4. The third-order valence-corrected chi connectivity index (χ3v) is 4.18. The number of hydrogen-bond donors (Lipinski definition) is 1. The van der Waals surface area contributed by atoms with Crippen LogP contribution in [0.2, 0.25) is 0 Å². The molecular formula is C18H19N3O2S. The number of para-hydroxylation sites is 2. The molecule has 0 spiro atoms. The van der Waals surface area contributed by atoms with E-state index in [0.717, 1.165) is 20.9 Å². The molecule has 2 aromatic carbocycles. The van der Waals surface area contributed by atoms with Crippen molar-refractivity contribution < 1.29 is 9.47 Å². The van der Waals surface area contributed by atoms with Crippen molar-refractivity contribution in [2.45, 2.75) is 20.0 Å². The molecule has 0 saturated carbocycles. The smallest absolute Gasteiger partial charge is 0.204 e. The third kappa shape index (κ3) is 3.65. The Morgan fingerprint density at radius 2 is 2.00 bits per heavy atom. The summed E-state index contributed by atoms with van der Waals surface area (Å²) in [6.07, 6.45) is 1.76. The summed E-state index contributed by atoms with van der Waals surface area (Å²) >= 11 is 1.56. The van der Waals surface area contributed by atoms with E-state index in [9.17, 15) is 0 Å². The summed E-state index contributed by atoms with van der Waals surface area (Å²) in [5, 5.41) is 5.04. The predicted molar refractivity (Wildman–Crippen MR) is 99.6 cm³/mol. The van der Waals surface area contributed by atoms with Crippen LogP contribution in [0.25, 0.3) is 10.2 Å². The highest BCUT2D eigenvalue weighted by molar-refractivity contribution is 7.22. The number of hydrazone groups is 1. The Labute approximate surface area is 144 Å². The van der Waals surface area contributed by atoms with Gasteiger partial charge in [0.1, 0.15) is 0 Å². The van der Waals surface area contributed by atoms with E-state index < -0.39 is 0 Å². The fourth-order valence-corrected chi connectivity index (χ4v) is 3.05. The number of nitrogens with one attached hydrogen (secondary N) is 1. The molecule has 0 aliphatic heterocycles. The first-order valence-corrected chi connectivity index (χ1v) is 8.47. The van der Waals surface area contributed by atoms with Gasteiger partial charge in [0.25, 0.3) is 0 Å². The summed E-state index contributed by atoms with van der Waals surface area (Å²) in [4.78, 5) is 4.49. The minimum Gasteiger partial charge on any atom is -0.493 e. The molecule has 124 valence electrons. The van der Waals surface area contributed by atoms with Gasteiger partial charge in [0, 0.05) is 5.56 Å². The van der Waals surface area contributed by atoms with Crippen molar-refractivity contribution in [3.8, 4) is 11.5 Å². The topological polar surface area (TPSA) is 55.7 Å². The van der Waals surface area contributed by atoms with Crippen LogP contribution in [0.3, 0.4) is 0 Å². The Morgan fingerprint density at radius 1 is 1.17 bits per heavy atom. The Kier molecular flexibility index (Phi) is 4.96. The number of thiazole rings is 1. The van der Waals surface area contributed by atoms with Crippen LogP contribution in [-0.2, 0) is 0 Å². The molecular weight excluding hydrogens is 322 g/mol.